The maximum atomic E-state index is 11.8. The maximum Gasteiger partial charge on any atom is 0.320 e. The van der Waals surface area contributed by atoms with E-state index in [1.165, 1.54) is 11.3 Å². The lowest BCUT2D eigenvalue weighted by atomic mass is 10.2. The van der Waals surface area contributed by atoms with Crippen LogP contribution in [-0.4, -0.2) is 53.0 Å². The molecule has 2 rings (SSSR count). The Bertz CT molecular complexity index is 582. The Morgan fingerprint density at radius 1 is 1.50 bits per heavy atom. The predicted molar refractivity (Wildman–Crippen MR) is 87.1 cm³/mol. The van der Waals surface area contributed by atoms with Crippen molar-refractivity contribution in [2.24, 2.45) is 0 Å². The third kappa shape index (κ3) is 5.14. The molecular formula is C14H21N5O2S. The van der Waals surface area contributed by atoms with Crippen LogP contribution in [0.4, 0.5) is 10.6 Å². The Morgan fingerprint density at radius 3 is 3.00 bits per heavy atom. The number of rotatable bonds is 7. The highest BCUT2D eigenvalue weighted by Crippen LogP contribution is 2.15. The molecular weight excluding hydrogens is 302 g/mol. The molecule has 2 amide bonds. The minimum absolute atomic E-state index is 0.157. The van der Waals surface area contributed by atoms with E-state index < -0.39 is 6.10 Å². The molecule has 0 aromatic carbocycles. The molecule has 8 heteroatoms. The summed E-state index contributed by atoms with van der Waals surface area (Å²) in [5, 5.41) is 23.2. The Hall–Kier alpha value is -1.90. The number of likely N-dealkylation sites (N-methyl/N-ethyl adjacent to an activating group) is 1. The summed E-state index contributed by atoms with van der Waals surface area (Å²) in [6, 6.07) is 3.19. The van der Waals surface area contributed by atoms with Gasteiger partial charge >= 0.3 is 6.03 Å². The van der Waals surface area contributed by atoms with Gasteiger partial charge in [-0.25, -0.2) is 4.79 Å². The molecule has 0 spiro atoms. The molecule has 0 radical (unpaired) electrons. The molecule has 0 aliphatic rings. The summed E-state index contributed by atoms with van der Waals surface area (Å²) in [5.41, 5.74) is 0.804. The van der Waals surface area contributed by atoms with Crippen molar-refractivity contribution in [3.8, 4) is 0 Å². The molecule has 2 aromatic heterocycles. The summed E-state index contributed by atoms with van der Waals surface area (Å²) in [4.78, 5) is 13.8. The van der Waals surface area contributed by atoms with E-state index in [2.05, 4.69) is 20.6 Å². The highest BCUT2D eigenvalue weighted by Gasteiger charge is 2.10. The first-order chi connectivity index (χ1) is 10.5. The van der Waals surface area contributed by atoms with Crippen molar-refractivity contribution in [3.63, 3.8) is 0 Å². The Kier molecular flexibility index (Phi) is 5.93. The number of hydrogen-bond acceptors (Lipinski definition) is 5. The first kappa shape index (κ1) is 16.5. The van der Waals surface area contributed by atoms with Gasteiger partial charge in [0.2, 0.25) is 0 Å². The second kappa shape index (κ2) is 7.92. The van der Waals surface area contributed by atoms with Crippen LogP contribution in [0, 0.1) is 0 Å². The van der Waals surface area contributed by atoms with Gasteiger partial charge in [0.15, 0.2) is 5.82 Å². The number of carbonyl (C=O) groups is 1. The summed E-state index contributed by atoms with van der Waals surface area (Å²) in [6.07, 6.45) is 1.12. The van der Waals surface area contributed by atoms with Crippen LogP contribution in [-0.2, 0) is 6.54 Å². The summed E-state index contributed by atoms with van der Waals surface area (Å²) in [6.45, 7) is 1.79. The number of aliphatic hydroxyl groups is 1. The van der Waals surface area contributed by atoms with Gasteiger partial charge in [-0.1, -0.05) is 0 Å². The fraction of sp³-hybridized carbons (Fsp3) is 0.429. The second-order valence-electron chi connectivity index (χ2n) is 5.17. The number of amides is 2. The van der Waals surface area contributed by atoms with Crippen LogP contribution < -0.4 is 10.6 Å². The summed E-state index contributed by atoms with van der Waals surface area (Å²) in [5.74, 6) is 0.487. The van der Waals surface area contributed by atoms with E-state index in [1.54, 1.807) is 10.7 Å². The van der Waals surface area contributed by atoms with Crippen LogP contribution in [0.3, 0.4) is 0 Å². The van der Waals surface area contributed by atoms with Crippen LogP contribution in [0.25, 0.3) is 0 Å². The van der Waals surface area contributed by atoms with Gasteiger partial charge in [0.1, 0.15) is 0 Å². The summed E-state index contributed by atoms with van der Waals surface area (Å²) in [7, 11) is 3.99. The third-order valence-corrected chi connectivity index (χ3v) is 3.74. The van der Waals surface area contributed by atoms with E-state index in [0.29, 0.717) is 5.82 Å². The lowest BCUT2D eigenvalue weighted by Gasteiger charge is -2.11. The number of nitrogens with zero attached hydrogens (tertiary/aromatic N) is 3. The number of aromatic nitrogens is 2. The fourth-order valence-electron chi connectivity index (χ4n) is 1.79. The van der Waals surface area contributed by atoms with Crippen molar-refractivity contribution >= 4 is 23.2 Å². The topological polar surface area (TPSA) is 82.4 Å². The molecule has 0 saturated carbocycles. The molecule has 1 atom stereocenters. The maximum absolute atomic E-state index is 11.8. The molecule has 0 fully saturated rings. The van der Waals surface area contributed by atoms with Gasteiger partial charge in [-0.05, 0) is 36.5 Å². The lowest BCUT2D eigenvalue weighted by molar-refractivity contribution is 0.175. The van der Waals surface area contributed by atoms with Crippen LogP contribution in [0.2, 0.25) is 0 Å². The average Bonchev–Trinajstić information content (AvgIpc) is 3.14. The monoisotopic (exact) mass is 323 g/mol. The molecule has 0 saturated heterocycles. The van der Waals surface area contributed by atoms with E-state index in [9.17, 15) is 9.90 Å². The normalized spacial score (nSPS) is 12.4. The fourth-order valence-corrected chi connectivity index (χ4v) is 2.49. The first-order valence-corrected chi connectivity index (χ1v) is 7.92. The van der Waals surface area contributed by atoms with Crippen molar-refractivity contribution in [3.05, 3.63) is 34.7 Å². The zero-order valence-corrected chi connectivity index (χ0v) is 13.5. The minimum atomic E-state index is -0.699. The SMILES string of the molecule is CN(C)CCn1ccc(NC(=O)NCC(O)c2ccsc2)n1. The van der Waals surface area contributed by atoms with Gasteiger partial charge in [0.05, 0.1) is 12.6 Å². The van der Waals surface area contributed by atoms with Gasteiger partial charge in [0, 0.05) is 25.4 Å². The zero-order chi connectivity index (χ0) is 15.9. The number of anilines is 1. The molecule has 22 heavy (non-hydrogen) atoms. The summed E-state index contributed by atoms with van der Waals surface area (Å²) < 4.78 is 1.77. The molecule has 120 valence electrons. The molecule has 1 unspecified atom stereocenters. The average molecular weight is 323 g/mol. The minimum Gasteiger partial charge on any atom is -0.387 e. The van der Waals surface area contributed by atoms with Gasteiger partial charge in [-0.15, -0.1) is 0 Å². The van der Waals surface area contributed by atoms with Crippen LogP contribution in [0.1, 0.15) is 11.7 Å². The highest BCUT2D eigenvalue weighted by atomic mass is 32.1. The standard InChI is InChI=1S/C14H21N5O2S/c1-18(2)6-7-19-5-3-13(17-19)16-14(21)15-9-12(20)11-4-8-22-10-11/h3-5,8,10,12,20H,6-7,9H2,1-2H3,(H2,15,16,17,21). The van der Waals surface area contributed by atoms with Crippen molar-refractivity contribution in [1.82, 2.24) is 20.0 Å². The third-order valence-electron chi connectivity index (χ3n) is 3.04. The van der Waals surface area contributed by atoms with Gasteiger partial charge in [0.25, 0.3) is 0 Å². The van der Waals surface area contributed by atoms with Crippen LogP contribution in [0.5, 0.6) is 0 Å². The van der Waals surface area contributed by atoms with Crippen molar-refractivity contribution < 1.29 is 9.90 Å². The number of aliphatic hydroxyl groups excluding tert-OH is 1. The van der Waals surface area contributed by atoms with E-state index >= 15 is 0 Å². The zero-order valence-electron chi connectivity index (χ0n) is 12.7. The molecule has 2 aromatic rings. The highest BCUT2D eigenvalue weighted by molar-refractivity contribution is 7.07. The molecule has 0 aliphatic heterocycles. The quantitative estimate of drug-likeness (QED) is 0.718. The van der Waals surface area contributed by atoms with E-state index in [0.717, 1.165) is 18.7 Å². The van der Waals surface area contributed by atoms with E-state index in [1.807, 2.05) is 37.1 Å². The van der Waals surface area contributed by atoms with Gasteiger partial charge in [-0.3, -0.25) is 10.00 Å². The number of thiophene rings is 1. The summed E-state index contributed by atoms with van der Waals surface area (Å²) >= 11 is 1.51. The second-order valence-corrected chi connectivity index (χ2v) is 5.95. The number of carbonyl (C=O) groups excluding carboxylic acids is 1. The first-order valence-electron chi connectivity index (χ1n) is 6.98. The smallest absolute Gasteiger partial charge is 0.320 e. The molecule has 3 N–H and O–H groups in total. The molecule has 0 bridgehead atoms. The Balaban J connectivity index is 1.75. The van der Waals surface area contributed by atoms with Crippen LogP contribution >= 0.6 is 11.3 Å². The van der Waals surface area contributed by atoms with E-state index in [4.69, 9.17) is 0 Å². The Labute approximate surface area is 133 Å². The van der Waals surface area contributed by atoms with E-state index in [-0.39, 0.29) is 12.6 Å². The van der Waals surface area contributed by atoms with Gasteiger partial charge in [-0.2, -0.15) is 16.4 Å². The molecule has 7 nitrogen and oxygen atoms in total. The molecule has 0 aliphatic carbocycles. The predicted octanol–water partition coefficient (Wildman–Crippen LogP) is 1.36. The number of urea groups is 1. The Morgan fingerprint density at radius 2 is 2.32 bits per heavy atom. The molecule has 2 heterocycles. The van der Waals surface area contributed by atoms with Crippen molar-refractivity contribution in [1.29, 1.82) is 0 Å². The van der Waals surface area contributed by atoms with Crippen molar-refractivity contribution in [2.45, 2.75) is 12.6 Å². The largest absolute Gasteiger partial charge is 0.387 e. The van der Waals surface area contributed by atoms with Crippen LogP contribution in [0.15, 0.2) is 29.1 Å². The number of hydrogen-bond donors (Lipinski definition) is 3. The van der Waals surface area contributed by atoms with Crippen molar-refractivity contribution in [2.75, 3.05) is 32.5 Å². The van der Waals surface area contributed by atoms with Gasteiger partial charge < -0.3 is 15.3 Å². The number of nitrogens with one attached hydrogen (secondary N) is 2. The lowest BCUT2D eigenvalue weighted by Crippen LogP contribution is -2.32.